The third-order valence-corrected chi connectivity index (χ3v) is 11.8. The molecule has 1 aromatic carbocycles. The molecular formula is C29H40BFO7S. The van der Waals surface area contributed by atoms with Gasteiger partial charge in [-0.15, -0.1) is 0 Å². The van der Waals surface area contributed by atoms with Crippen molar-refractivity contribution >= 4 is 36.1 Å². The molecule has 10 heteroatoms. The number of carbonyl (C=O) groups excluding carboxylic acids is 2. The molecule has 7 nitrogen and oxygen atoms in total. The van der Waals surface area contributed by atoms with Crippen LogP contribution in [0, 0.1) is 39.8 Å². The summed E-state index contributed by atoms with van der Waals surface area (Å²) in [6.45, 7) is 8.01. The van der Waals surface area contributed by atoms with Crippen LogP contribution in [0.4, 0.5) is 4.39 Å². The van der Waals surface area contributed by atoms with Gasteiger partial charge in [-0.3, -0.25) is 4.79 Å². The first-order valence-corrected chi connectivity index (χ1v) is 15.4. The maximum Gasteiger partial charge on any atom is 0.494 e. The molecule has 0 aromatic heterocycles. The molecule has 0 spiro atoms. The minimum absolute atomic E-state index is 0.0245. The molecular weight excluding hydrogens is 522 g/mol. The van der Waals surface area contributed by atoms with E-state index < -0.39 is 48.5 Å². The lowest BCUT2D eigenvalue weighted by atomic mass is 9.44. The molecule has 3 fully saturated rings. The highest BCUT2D eigenvalue weighted by molar-refractivity contribution is 7.98. The summed E-state index contributed by atoms with van der Waals surface area (Å²) in [6, 6.07) is 3.03. The third-order valence-electron chi connectivity index (χ3n) is 10.9. The summed E-state index contributed by atoms with van der Waals surface area (Å²) in [7, 11) is -1.37. The first-order valence-electron chi connectivity index (χ1n) is 14.0. The van der Waals surface area contributed by atoms with Crippen LogP contribution in [-0.4, -0.2) is 59.8 Å². The van der Waals surface area contributed by atoms with E-state index in [4.69, 9.17) is 14.1 Å². The van der Waals surface area contributed by atoms with Gasteiger partial charge in [-0.2, -0.15) is 11.8 Å². The molecule has 0 radical (unpaired) electrons. The second kappa shape index (κ2) is 10.3. The molecule has 1 heterocycles. The summed E-state index contributed by atoms with van der Waals surface area (Å²) in [4.78, 5) is 26.8. The zero-order chi connectivity index (χ0) is 28.3. The summed E-state index contributed by atoms with van der Waals surface area (Å²) in [5, 5.41) is 21.7. The Kier molecular flexibility index (Phi) is 7.66. The van der Waals surface area contributed by atoms with Crippen molar-refractivity contribution in [3.05, 3.63) is 23.5 Å². The highest BCUT2D eigenvalue weighted by Crippen LogP contribution is 2.68. The molecule has 3 saturated carbocycles. The molecule has 2 N–H and O–H groups in total. The van der Waals surface area contributed by atoms with E-state index in [0.717, 1.165) is 19.3 Å². The molecule has 4 aliphatic rings. The molecule has 214 valence electrons. The van der Waals surface area contributed by atoms with Gasteiger partial charge in [0.15, 0.2) is 18.2 Å². The predicted molar refractivity (Wildman–Crippen MR) is 147 cm³/mol. The largest absolute Gasteiger partial charge is 0.494 e. The first kappa shape index (κ1) is 28.9. The number of halogens is 1. The van der Waals surface area contributed by atoms with Crippen molar-refractivity contribution in [2.45, 2.75) is 78.6 Å². The number of esters is 1. The van der Waals surface area contributed by atoms with Gasteiger partial charge in [-0.25, -0.2) is 9.18 Å². The molecule has 0 unspecified atom stereocenters. The van der Waals surface area contributed by atoms with Crippen LogP contribution in [0.1, 0.15) is 65.4 Å². The molecule has 0 amide bonds. The lowest BCUT2D eigenvalue weighted by molar-refractivity contribution is -0.210. The lowest BCUT2D eigenvalue weighted by Crippen LogP contribution is -2.63. The quantitative estimate of drug-likeness (QED) is 0.402. The second-order valence-electron chi connectivity index (χ2n) is 12.8. The van der Waals surface area contributed by atoms with E-state index in [1.165, 1.54) is 6.07 Å². The topological polar surface area (TPSA) is 102 Å². The van der Waals surface area contributed by atoms with Crippen molar-refractivity contribution in [2.24, 2.45) is 34.0 Å². The van der Waals surface area contributed by atoms with Gasteiger partial charge in [0.25, 0.3) is 0 Å². The number of aliphatic hydroxyl groups is 1. The van der Waals surface area contributed by atoms with Crippen molar-refractivity contribution in [1.29, 1.82) is 0 Å². The van der Waals surface area contributed by atoms with Crippen LogP contribution in [0.2, 0.25) is 0 Å². The van der Waals surface area contributed by atoms with Crippen LogP contribution in [-0.2, 0) is 25.6 Å². The number of ketones is 1. The van der Waals surface area contributed by atoms with Gasteiger partial charge in [0.05, 0.1) is 12.7 Å². The normalized spacial score (nSPS) is 39.5. The Balaban J connectivity index is 1.45. The van der Waals surface area contributed by atoms with Gasteiger partial charge in [-0.05, 0) is 60.8 Å². The number of carbonyl (C=O) groups is 2. The molecule has 39 heavy (non-hydrogen) atoms. The predicted octanol–water partition coefficient (Wildman–Crippen LogP) is 3.51. The average molecular weight is 563 g/mol. The average Bonchev–Trinajstić information content (AvgIpc) is 3.45. The van der Waals surface area contributed by atoms with Gasteiger partial charge in [0.2, 0.25) is 0 Å². The lowest BCUT2D eigenvalue weighted by Gasteiger charge is -2.62. The molecule has 5 rings (SSSR count). The monoisotopic (exact) mass is 562 g/mol. The zero-order valence-corrected chi connectivity index (χ0v) is 24.3. The smallest absolute Gasteiger partial charge is 0.479 e. The fourth-order valence-electron chi connectivity index (χ4n) is 8.53. The molecule has 2 bridgehead atoms. The fourth-order valence-corrected chi connectivity index (χ4v) is 9.47. The van der Waals surface area contributed by atoms with Crippen LogP contribution in [0.5, 0.6) is 5.75 Å². The molecule has 8 atom stereocenters. The molecule has 3 aliphatic carbocycles. The van der Waals surface area contributed by atoms with Crippen LogP contribution in [0.15, 0.2) is 12.1 Å². The van der Waals surface area contributed by atoms with Gasteiger partial charge in [0.1, 0.15) is 11.9 Å². The van der Waals surface area contributed by atoms with E-state index in [9.17, 15) is 24.1 Å². The minimum atomic E-state index is -1.37. The van der Waals surface area contributed by atoms with Crippen molar-refractivity contribution in [3.63, 3.8) is 0 Å². The van der Waals surface area contributed by atoms with E-state index in [2.05, 4.69) is 27.7 Å². The number of benzene rings is 1. The number of aliphatic hydroxyl groups excluding tert-OH is 1. The number of Topliss-reactive ketones (excluding diaryl/α,β-unsaturated/α-hetero) is 1. The van der Waals surface area contributed by atoms with Gasteiger partial charge < -0.3 is 24.3 Å². The molecule has 1 aromatic rings. The number of rotatable bonds is 6. The van der Waals surface area contributed by atoms with Gasteiger partial charge in [0, 0.05) is 34.4 Å². The van der Waals surface area contributed by atoms with Gasteiger partial charge >= 0.3 is 13.1 Å². The number of ether oxygens (including phenoxy) is 2. The number of thioether (sulfide) groups is 1. The summed E-state index contributed by atoms with van der Waals surface area (Å²) >= 11 is 1.66. The van der Waals surface area contributed by atoms with Crippen LogP contribution >= 0.6 is 11.8 Å². The van der Waals surface area contributed by atoms with E-state index in [1.807, 2.05) is 6.26 Å². The zero-order valence-electron chi connectivity index (χ0n) is 23.5. The Hall–Kier alpha value is -1.62. The van der Waals surface area contributed by atoms with E-state index in [-0.39, 0.29) is 46.8 Å². The summed E-state index contributed by atoms with van der Waals surface area (Å²) in [5.74, 6) is -0.898. The van der Waals surface area contributed by atoms with Gasteiger partial charge in [-0.1, -0.05) is 33.8 Å². The first-order chi connectivity index (χ1) is 18.4. The molecule has 1 aliphatic heterocycles. The van der Waals surface area contributed by atoms with Crippen molar-refractivity contribution < 1.29 is 38.2 Å². The maximum atomic E-state index is 15.0. The Morgan fingerprint density at radius 1 is 1.28 bits per heavy atom. The minimum Gasteiger partial charge on any atom is -0.479 e. The van der Waals surface area contributed by atoms with E-state index >= 15 is 0 Å². The standard InChI is InChI=1S/C29H40BFO7S/c1-16-8-10-29-11-9-19(32)25(29)28(16,4)21(12-27(3,15-39-5)26(34)17(29)2)38-22(33)14-36-20-7-6-18-13-37-30(35)23(18)24(20)31/h6-7,16-17,21,25-26,34-35H,8-15H2,1-5H3/t16-,17+,21-,25+,26+,27+,28+,29+/m1/s1. The van der Waals surface area contributed by atoms with Crippen LogP contribution < -0.4 is 10.2 Å². The van der Waals surface area contributed by atoms with Crippen molar-refractivity contribution in [1.82, 2.24) is 0 Å². The van der Waals surface area contributed by atoms with E-state index in [0.29, 0.717) is 24.2 Å². The Morgan fingerprint density at radius 3 is 2.74 bits per heavy atom. The SMILES string of the molecule is CSC[C@]1(C)C[C@@H](OC(=O)COc2ccc3c(c2F)B(O)OC3)[C@]2(C)[C@H](C)CC[C@]3(CCC(=O)[C@H]32)[C@@H](C)[C@@H]1O. The number of hydrogen-bond donors (Lipinski definition) is 2. The Labute approximate surface area is 234 Å². The van der Waals surface area contributed by atoms with Crippen molar-refractivity contribution in [3.8, 4) is 5.75 Å². The molecule has 0 saturated heterocycles. The number of hydrogen-bond acceptors (Lipinski definition) is 8. The van der Waals surface area contributed by atoms with Crippen LogP contribution in [0.3, 0.4) is 0 Å². The van der Waals surface area contributed by atoms with Crippen molar-refractivity contribution in [2.75, 3.05) is 18.6 Å². The summed E-state index contributed by atoms with van der Waals surface area (Å²) < 4.78 is 31.8. The van der Waals surface area contributed by atoms with Crippen LogP contribution in [0.25, 0.3) is 0 Å². The Morgan fingerprint density at radius 2 is 2.03 bits per heavy atom. The summed E-state index contributed by atoms with van der Waals surface area (Å²) in [5.41, 5.74) is -0.897. The maximum absolute atomic E-state index is 15.0. The third kappa shape index (κ3) is 4.44. The fraction of sp³-hybridized carbons (Fsp3) is 0.724. The highest BCUT2D eigenvalue weighted by Gasteiger charge is 2.68. The Bertz CT molecular complexity index is 1150. The highest BCUT2D eigenvalue weighted by atomic mass is 32.2. The van der Waals surface area contributed by atoms with E-state index in [1.54, 1.807) is 17.8 Å². The summed E-state index contributed by atoms with van der Waals surface area (Å²) in [6.07, 6.45) is 4.18. The number of fused-ring (bicyclic) bond motifs is 1. The second-order valence-corrected chi connectivity index (χ2v) is 13.7.